The summed E-state index contributed by atoms with van der Waals surface area (Å²) in [4.78, 5) is 30.1. The van der Waals surface area contributed by atoms with Crippen LogP contribution in [0.1, 0.15) is 32.6 Å². The zero-order valence-corrected chi connectivity index (χ0v) is 18.3. The van der Waals surface area contributed by atoms with Crippen LogP contribution >= 0.6 is 0 Å². The fourth-order valence-electron chi connectivity index (χ4n) is 5.01. The molecule has 2 heterocycles. The second-order valence-electron chi connectivity index (χ2n) is 8.32. The van der Waals surface area contributed by atoms with Crippen LogP contribution < -0.4 is 4.74 Å². The van der Waals surface area contributed by atoms with E-state index < -0.39 is 17.4 Å². The molecule has 2 amide bonds. The van der Waals surface area contributed by atoms with E-state index in [0.717, 1.165) is 17.7 Å². The molecule has 0 aromatic heterocycles. The maximum atomic E-state index is 13.6. The van der Waals surface area contributed by atoms with Gasteiger partial charge in [0.1, 0.15) is 5.75 Å². The van der Waals surface area contributed by atoms with Crippen LogP contribution in [0.25, 0.3) is 0 Å². The fraction of sp³-hybridized carbons (Fsp3) is 0.231. The van der Waals surface area contributed by atoms with E-state index in [1.807, 2.05) is 0 Å². The van der Waals surface area contributed by atoms with Crippen molar-refractivity contribution in [1.29, 1.82) is 0 Å². The third kappa shape index (κ3) is 3.24. The standard InChI is InChI=1S/C26H21F3N2O3/c1-34-20-12-6-17(7-13-20)16-23(32)30-14-15-31-24(33)21-4-2-3-5-22(21)25(30,31)18-8-10-19(11-9-18)26(27,28)29/h2-13H,14-16H2,1H3. The van der Waals surface area contributed by atoms with Gasteiger partial charge in [-0.2, -0.15) is 13.2 Å². The molecular weight excluding hydrogens is 445 g/mol. The second-order valence-corrected chi connectivity index (χ2v) is 8.32. The van der Waals surface area contributed by atoms with Crippen molar-refractivity contribution in [3.8, 4) is 5.75 Å². The van der Waals surface area contributed by atoms with Gasteiger partial charge in [-0.15, -0.1) is 0 Å². The lowest BCUT2D eigenvalue weighted by atomic mass is 9.89. The predicted molar refractivity (Wildman–Crippen MR) is 118 cm³/mol. The molecule has 1 fully saturated rings. The quantitative estimate of drug-likeness (QED) is 0.571. The van der Waals surface area contributed by atoms with Crippen molar-refractivity contribution in [2.45, 2.75) is 18.3 Å². The molecule has 1 saturated heterocycles. The van der Waals surface area contributed by atoms with E-state index in [9.17, 15) is 22.8 Å². The number of carbonyl (C=O) groups excluding carboxylic acids is 2. The van der Waals surface area contributed by atoms with Crippen LogP contribution in [0.2, 0.25) is 0 Å². The Kier molecular flexibility index (Phi) is 5.11. The van der Waals surface area contributed by atoms with Crippen LogP contribution in [-0.2, 0) is 23.1 Å². The van der Waals surface area contributed by atoms with Gasteiger partial charge in [-0.1, -0.05) is 42.5 Å². The first-order valence-electron chi connectivity index (χ1n) is 10.8. The van der Waals surface area contributed by atoms with Gasteiger partial charge in [0.25, 0.3) is 5.91 Å². The Hall–Kier alpha value is -3.81. The van der Waals surface area contributed by atoms with E-state index >= 15 is 0 Å². The number of hydrogen-bond acceptors (Lipinski definition) is 3. The number of benzene rings is 3. The molecule has 174 valence electrons. The van der Waals surface area contributed by atoms with Crippen molar-refractivity contribution in [3.05, 3.63) is 101 Å². The van der Waals surface area contributed by atoms with Crippen molar-refractivity contribution in [1.82, 2.24) is 9.80 Å². The summed E-state index contributed by atoms with van der Waals surface area (Å²) in [6.45, 7) is 0.555. The number of fused-ring (bicyclic) bond motifs is 3. The highest BCUT2D eigenvalue weighted by Gasteiger charge is 2.59. The van der Waals surface area contributed by atoms with Gasteiger partial charge >= 0.3 is 6.18 Å². The lowest BCUT2D eigenvalue weighted by Gasteiger charge is -2.40. The second kappa shape index (κ2) is 7.90. The summed E-state index contributed by atoms with van der Waals surface area (Å²) in [6, 6.07) is 18.8. The van der Waals surface area contributed by atoms with E-state index in [0.29, 0.717) is 22.4 Å². The monoisotopic (exact) mass is 466 g/mol. The van der Waals surface area contributed by atoms with Gasteiger partial charge < -0.3 is 14.5 Å². The fourth-order valence-corrected chi connectivity index (χ4v) is 5.01. The molecular formula is C26H21F3N2O3. The molecule has 5 nitrogen and oxygen atoms in total. The first-order valence-corrected chi connectivity index (χ1v) is 10.8. The number of ether oxygens (including phenoxy) is 1. The Bertz CT molecular complexity index is 1260. The molecule has 1 unspecified atom stereocenters. The molecule has 5 rings (SSSR count). The van der Waals surface area contributed by atoms with Gasteiger partial charge in [0.05, 0.1) is 19.1 Å². The minimum atomic E-state index is -4.49. The van der Waals surface area contributed by atoms with Gasteiger partial charge in [-0.25, -0.2) is 0 Å². The molecule has 3 aromatic rings. The Morgan fingerprint density at radius 1 is 0.971 bits per heavy atom. The predicted octanol–water partition coefficient (Wildman–Crippen LogP) is 4.46. The molecule has 0 spiro atoms. The van der Waals surface area contributed by atoms with Crippen LogP contribution in [0.5, 0.6) is 5.75 Å². The normalized spacial score (nSPS) is 19.2. The molecule has 2 aliphatic rings. The van der Waals surface area contributed by atoms with E-state index in [2.05, 4.69) is 0 Å². The summed E-state index contributed by atoms with van der Waals surface area (Å²) >= 11 is 0. The highest BCUT2D eigenvalue weighted by Crippen LogP contribution is 2.50. The van der Waals surface area contributed by atoms with Crippen LogP contribution in [0, 0.1) is 0 Å². The summed E-state index contributed by atoms with van der Waals surface area (Å²) < 4.78 is 44.9. The molecule has 0 bridgehead atoms. The highest BCUT2D eigenvalue weighted by atomic mass is 19.4. The van der Waals surface area contributed by atoms with Crippen LogP contribution in [0.15, 0.2) is 72.8 Å². The van der Waals surface area contributed by atoms with Crippen molar-refractivity contribution < 1.29 is 27.5 Å². The van der Waals surface area contributed by atoms with Crippen molar-refractivity contribution >= 4 is 11.8 Å². The molecule has 1 atom stereocenters. The molecule has 8 heteroatoms. The number of rotatable bonds is 4. The van der Waals surface area contributed by atoms with E-state index in [-0.39, 0.29) is 31.3 Å². The average Bonchev–Trinajstić information content (AvgIpc) is 3.35. The smallest absolute Gasteiger partial charge is 0.416 e. The number of hydrogen-bond donors (Lipinski definition) is 0. The maximum absolute atomic E-state index is 13.6. The van der Waals surface area contributed by atoms with Crippen LogP contribution in [0.4, 0.5) is 13.2 Å². The van der Waals surface area contributed by atoms with E-state index in [1.54, 1.807) is 65.4 Å². The van der Waals surface area contributed by atoms with E-state index in [1.165, 1.54) is 12.1 Å². The summed E-state index contributed by atoms with van der Waals surface area (Å²) in [7, 11) is 1.56. The highest BCUT2D eigenvalue weighted by molar-refractivity contribution is 6.02. The van der Waals surface area contributed by atoms with Crippen molar-refractivity contribution in [2.24, 2.45) is 0 Å². The number of amides is 2. The zero-order valence-electron chi connectivity index (χ0n) is 18.3. The largest absolute Gasteiger partial charge is 0.497 e. The summed E-state index contributed by atoms with van der Waals surface area (Å²) in [5, 5.41) is 0. The molecule has 3 aromatic carbocycles. The Balaban J connectivity index is 1.61. The van der Waals surface area contributed by atoms with Gasteiger partial charge in [-0.3, -0.25) is 9.59 Å². The van der Waals surface area contributed by atoms with Gasteiger partial charge in [0, 0.05) is 29.8 Å². The average molecular weight is 466 g/mol. The SMILES string of the molecule is COc1ccc(CC(=O)N2CCN3C(=O)c4ccccc4C23c2ccc(C(F)(F)F)cc2)cc1. The number of halogens is 3. The summed E-state index contributed by atoms with van der Waals surface area (Å²) in [5.41, 5.74) is 0.181. The number of nitrogens with zero attached hydrogens (tertiary/aromatic N) is 2. The zero-order chi connectivity index (χ0) is 24.1. The molecule has 0 saturated carbocycles. The Morgan fingerprint density at radius 2 is 1.65 bits per heavy atom. The lowest BCUT2D eigenvalue weighted by Crippen LogP contribution is -2.52. The van der Waals surface area contributed by atoms with Gasteiger partial charge in [0.15, 0.2) is 5.66 Å². The number of alkyl halides is 3. The van der Waals surface area contributed by atoms with Crippen molar-refractivity contribution in [3.63, 3.8) is 0 Å². The first kappa shape index (κ1) is 22.0. The number of methoxy groups -OCH3 is 1. The first-order chi connectivity index (χ1) is 16.3. The molecule has 0 N–H and O–H groups in total. The maximum Gasteiger partial charge on any atom is 0.416 e. The summed E-state index contributed by atoms with van der Waals surface area (Å²) in [5.74, 6) is 0.201. The lowest BCUT2D eigenvalue weighted by molar-refractivity contribution is -0.138. The van der Waals surface area contributed by atoms with E-state index in [4.69, 9.17) is 4.74 Å². The minimum Gasteiger partial charge on any atom is -0.497 e. The van der Waals surface area contributed by atoms with Gasteiger partial charge in [0.2, 0.25) is 5.91 Å². The van der Waals surface area contributed by atoms with Crippen LogP contribution in [0.3, 0.4) is 0 Å². The Labute approximate surface area is 194 Å². The third-order valence-corrected chi connectivity index (χ3v) is 6.54. The Morgan fingerprint density at radius 3 is 2.29 bits per heavy atom. The molecule has 0 aliphatic carbocycles. The molecule has 34 heavy (non-hydrogen) atoms. The third-order valence-electron chi connectivity index (χ3n) is 6.54. The van der Waals surface area contributed by atoms with Crippen molar-refractivity contribution in [2.75, 3.05) is 20.2 Å². The minimum absolute atomic E-state index is 0.0799. The molecule has 0 radical (unpaired) electrons. The number of carbonyl (C=O) groups is 2. The van der Waals surface area contributed by atoms with Gasteiger partial charge in [-0.05, 0) is 35.9 Å². The summed E-state index contributed by atoms with van der Waals surface area (Å²) in [6.07, 6.45) is -4.41. The van der Waals surface area contributed by atoms with Crippen LogP contribution in [-0.4, -0.2) is 41.8 Å². The topological polar surface area (TPSA) is 49.9 Å². The molecule has 2 aliphatic heterocycles.